The molecule has 1 aliphatic heterocycles. The van der Waals surface area contributed by atoms with E-state index in [1.807, 2.05) is 25.1 Å². The molecule has 4 nitrogen and oxygen atoms in total. The van der Waals surface area contributed by atoms with E-state index in [4.69, 9.17) is 4.74 Å². The van der Waals surface area contributed by atoms with Crippen LogP contribution in [0.2, 0.25) is 0 Å². The molecule has 1 unspecified atom stereocenters. The molecule has 19 heavy (non-hydrogen) atoms. The first-order valence-electron chi connectivity index (χ1n) is 6.10. The average Bonchev–Trinajstić information content (AvgIpc) is 2.78. The first-order chi connectivity index (χ1) is 8.66. The molecule has 1 aromatic heterocycles. The monoisotopic (exact) mass is 280 g/mol. The van der Waals surface area contributed by atoms with Gasteiger partial charge < -0.3 is 9.72 Å². The number of benzene rings is 1. The van der Waals surface area contributed by atoms with Gasteiger partial charge in [-0.2, -0.15) is 0 Å². The summed E-state index contributed by atoms with van der Waals surface area (Å²) in [6, 6.07) is 8.14. The molecule has 2 heterocycles. The average molecular weight is 281 g/mol. The number of carbonyl (C=O) groups is 1. The lowest BCUT2D eigenvalue weighted by atomic mass is 9.88. The molecule has 0 saturated heterocycles. The van der Waals surface area contributed by atoms with Gasteiger partial charge in [-0.3, -0.25) is 5.32 Å². The number of aromatic nitrogens is 1. The van der Waals surface area contributed by atoms with E-state index in [0.717, 1.165) is 24.2 Å². The number of halogens is 1. The van der Waals surface area contributed by atoms with Crippen molar-refractivity contribution in [3.8, 4) is 0 Å². The van der Waals surface area contributed by atoms with Crippen molar-refractivity contribution >= 4 is 29.3 Å². The van der Waals surface area contributed by atoms with Crippen molar-refractivity contribution in [1.29, 1.82) is 0 Å². The summed E-state index contributed by atoms with van der Waals surface area (Å²) in [6.45, 7) is 2.65. The van der Waals surface area contributed by atoms with Crippen LogP contribution >= 0.6 is 12.4 Å². The Balaban J connectivity index is 0.00000133. The Bertz CT molecular complexity index is 623. The molecule has 0 fully saturated rings. The molecule has 0 radical (unpaired) electrons. The summed E-state index contributed by atoms with van der Waals surface area (Å²) in [5.41, 5.74) is 2.45. The Labute approximate surface area is 117 Å². The lowest BCUT2D eigenvalue weighted by Gasteiger charge is -2.32. The quantitative estimate of drug-likeness (QED) is 0.787. The van der Waals surface area contributed by atoms with Gasteiger partial charge in [-0.15, -0.1) is 12.4 Å². The van der Waals surface area contributed by atoms with Gasteiger partial charge in [0.25, 0.3) is 0 Å². The van der Waals surface area contributed by atoms with Crippen molar-refractivity contribution in [2.24, 2.45) is 0 Å². The van der Waals surface area contributed by atoms with Crippen molar-refractivity contribution in [1.82, 2.24) is 10.3 Å². The highest BCUT2D eigenvalue weighted by Crippen LogP contribution is 2.34. The Morgan fingerprint density at radius 2 is 2.11 bits per heavy atom. The zero-order chi connectivity index (χ0) is 12.8. The van der Waals surface area contributed by atoms with Crippen LogP contribution in [-0.2, 0) is 21.5 Å². The number of fused-ring (bicyclic) bond motifs is 3. The fraction of sp³-hybridized carbons (Fsp3) is 0.357. The smallest absolute Gasteiger partial charge is 0.331 e. The van der Waals surface area contributed by atoms with Gasteiger partial charge in [0, 0.05) is 17.4 Å². The van der Waals surface area contributed by atoms with Crippen LogP contribution in [0.25, 0.3) is 10.9 Å². The highest BCUT2D eigenvalue weighted by Gasteiger charge is 2.41. The maximum atomic E-state index is 12.0. The standard InChI is InChI=1S/C14H16N2O2.ClH/c1-14(13(17)18-2)12-10(7-8-15-14)9-5-3-4-6-11(9)16-12;/h3-6,15-16H,7-8H2,1-2H3;1H. The second kappa shape index (κ2) is 4.87. The molecule has 0 spiro atoms. The normalized spacial score (nSPS) is 21.6. The van der Waals surface area contributed by atoms with E-state index in [9.17, 15) is 4.79 Å². The highest BCUT2D eigenvalue weighted by molar-refractivity contribution is 5.90. The van der Waals surface area contributed by atoms with Gasteiger partial charge in [-0.25, -0.2) is 4.79 Å². The van der Waals surface area contributed by atoms with Gasteiger partial charge >= 0.3 is 5.97 Å². The molecule has 1 atom stereocenters. The molecular formula is C14H17ClN2O2. The van der Waals surface area contributed by atoms with Crippen molar-refractivity contribution in [2.45, 2.75) is 18.9 Å². The molecule has 0 bridgehead atoms. The number of methoxy groups -OCH3 is 1. The highest BCUT2D eigenvalue weighted by atomic mass is 35.5. The fourth-order valence-electron chi connectivity index (χ4n) is 2.79. The van der Waals surface area contributed by atoms with E-state index in [1.165, 1.54) is 18.1 Å². The van der Waals surface area contributed by atoms with Crippen molar-refractivity contribution < 1.29 is 9.53 Å². The third kappa shape index (κ3) is 1.91. The molecule has 2 N–H and O–H groups in total. The molecule has 1 aliphatic rings. The maximum absolute atomic E-state index is 12.0. The second-order valence-corrected chi connectivity index (χ2v) is 4.82. The summed E-state index contributed by atoms with van der Waals surface area (Å²) >= 11 is 0. The Hall–Kier alpha value is -1.52. The molecule has 2 aromatic rings. The summed E-state index contributed by atoms with van der Waals surface area (Å²) in [7, 11) is 1.42. The van der Waals surface area contributed by atoms with Gasteiger partial charge in [0.2, 0.25) is 0 Å². The predicted molar refractivity (Wildman–Crippen MR) is 76.6 cm³/mol. The van der Waals surface area contributed by atoms with Gasteiger partial charge in [-0.1, -0.05) is 18.2 Å². The van der Waals surface area contributed by atoms with Gasteiger partial charge in [0.1, 0.15) is 0 Å². The van der Waals surface area contributed by atoms with E-state index in [0.29, 0.717) is 0 Å². The van der Waals surface area contributed by atoms with Crippen LogP contribution in [0.1, 0.15) is 18.2 Å². The minimum Gasteiger partial charge on any atom is -0.467 e. The zero-order valence-electron chi connectivity index (χ0n) is 10.9. The predicted octanol–water partition coefficient (Wildman–Crippen LogP) is 2.12. The van der Waals surface area contributed by atoms with Crippen LogP contribution in [0.3, 0.4) is 0 Å². The van der Waals surface area contributed by atoms with Gasteiger partial charge in [0.05, 0.1) is 12.8 Å². The summed E-state index contributed by atoms with van der Waals surface area (Å²) in [4.78, 5) is 15.4. The topological polar surface area (TPSA) is 54.1 Å². The van der Waals surface area contributed by atoms with E-state index < -0.39 is 5.54 Å². The number of hydrogen-bond acceptors (Lipinski definition) is 3. The van der Waals surface area contributed by atoms with Crippen LogP contribution < -0.4 is 5.32 Å². The van der Waals surface area contributed by atoms with Gasteiger partial charge in [-0.05, 0) is 25.0 Å². The Morgan fingerprint density at radius 1 is 1.37 bits per heavy atom. The van der Waals surface area contributed by atoms with Crippen molar-refractivity contribution in [3.63, 3.8) is 0 Å². The minimum absolute atomic E-state index is 0. The molecule has 102 valence electrons. The number of rotatable bonds is 1. The van der Waals surface area contributed by atoms with Crippen LogP contribution in [0.5, 0.6) is 0 Å². The lowest BCUT2D eigenvalue weighted by molar-refractivity contribution is -0.148. The second-order valence-electron chi connectivity index (χ2n) is 4.82. The number of ether oxygens (including phenoxy) is 1. The molecular weight excluding hydrogens is 264 g/mol. The van der Waals surface area contributed by atoms with E-state index in [-0.39, 0.29) is 18.4 Å². The van der Waals surface area contributed by atoms with Gasteiger partial charge in [0.15, 0.2) is 5.54 Å². The molecule has 0 amide bonds. The Morgan fingerprint density at radius 3 is 2.84 bits per heavy atom. The number of esters is 1. The maximum Gasteiger partial charge on any atom is 0.331 e. The van der Waals surface area contributed by atoms with E-state index in [2.05, 4.69) is 16.4 Å². The zero-order valence-corrected chi connectivity index (χ0v) is 11.8. The molecule has 0 saturated carbocycles. The van der Waals surface area contributed by atoms with E-state index in [1.54, 1.807) is 0 Å². The fourth-order valence-corrected chi connectivity index (χ4v) is 2.79. The Kier molecular flexibility index (Phi) is 3.56. The number of aromatic amines is 1. The number of nitrogens with one attached hydrogen (secondary N) is 2. The summed E-state index contributed by atoms with van der Waals surface area (Å²) < 4.78 is 4.92. The molecule has 0 aliphatic carbocycles. The third-order valence-electron chi connectivity index (χ3n) is 3.76. The van der Waals surface area contributed by atoms with Crippen LogP contribution in [0, 0.1) is 0 Å². The SMILES string of the molecule is COC(=O)C1(C)NCCc2c1[nH]c1ccccc21.Cl. The third-order valence-corrected chi connectivity index (χ3v) is 3.76. The number of hydrogen-bond donors (Lipinski definition) is 2. The first-order valence-corrected chi connectivity index (χ1v) is 6.10. The number of H-pyrrole nitrogens is 1. The summed E-state index contributed by atoms with van der Waals surface area (Å²) in [6.07, 6.45) is 0.923. The van der Waals surface area contributed by atoms with Crippen molar-refractivity contribution in [2.75, 3.05) is 13.7 Å². The van der Waals surface area contributed by atoms with Crippen LogP contribution in [0.4, 0.5) is 0 Å². The number of para-hydroxylation sites is 1. The lowest BCUT2D eigenvalue weighted by Crippen LogP contribution is -2.51. The largest absolute Gasteiger partial charge is 0.467 e. The van der Waals surface area contributed by atoms with Crippen molar-refractivity contribution in [3.05, 3.63) is 35.5 Å². The minimum atomic E-state index is -0.776. The molecule has 3 rings (SSSR count). The molecule has 5 heteroatoms. The first kappa shape index (κ1) is 13.9. The van der Waals surface area contributed by atoms with Crippen LogP contribution in [-0.4, -0.2) is 24.6 Å². The summed E-state index contributed by atoms with van der Waals surface area (Å²) in [5, 5.41) is 4.46. The number of carbonyl (C=O) groups excluding carboxylic acids is 1. The van der Waals surface area contributed by atoms with E-state index >= 15 is 0 Å². The summed E-state index contributed by atoms with van der Waals surface area (Å²) in [5.74, 6) is -0.255. The molecule has 1 aromatic carbocycles. The van der Waals surface area contributed by atoms with Crippen LogP contribution in [0.15, 0.2) is 24.3 Å².